The molecule has 4 heteroatoms. The number of anilines is 1. The summed E-state index contributed by atoms with van der Waals surface area (Å²) in [5.74, 6) is 0.177. The first-order valence-corrected chi connectivity index (χ1v) is 5.04. The van der Waals surface area contributed by atoms with Crippen LogP contribution in [0.1, 0.15) is 12.0 Å². The first-order chi connectivity index (χ1) is 7.24. The number of benzene rings is 1. The molecule has 2 N–H and O–H groups in total. The lowest BCUT2D eigenvalue weighted by atomic mass is 10.0. The van der Waals surface area contributed by atoms with Crippen LogP contribution in [0.3, 0.4) is 0 Å². The number of amides is 2. The van der Waals surface area contributed by atoms with Gasteiger partial charge in [-0.25, -0.2) is 4.79 Å². The van der Waals surface area contributed by atoms with Gasteiger partial charge in [0, 0.05) is 13.6 Å². The van der Waals surface area contributed by atoms with E-state index in [9.17, 15) is 9.90 Å². The minimum Gasteiger partial charge on any atom is -0.506 e. The topological polar surface area (TPSA) is 52.6 Å². The molecule has 80 valence electrons. The highest BCUT2D eigenvalue weighted by Gasteiger charge is 2.24. The summed E-state index contributed by atoms with van der Waals surface area (Å²) in [6, 6.07) is 5.20. The van der Waals surface area contributed by atoms with Crippen molar-refractivity contribution in [1.82, 2.24) is 5.32 Å². The number of hydrogen-bond donors (Lipinski definition) is 2. The maximum atomic E-state index is 11.6. The summed E-state index contributed by atoms with van der Waals surface area (Å²) in [6.07, 6.45) is 1.85. The van der Waals surface area contributed by atoms with E-state index in [1.165, 1.54) is 0 Å². The predicted octanol–water partition coefficient (Wildman–Crippen LogP) is 1.48. The van der Waals surface area contributed by atoms with E-state index in [1.54, 1.807) is 18.0 Å². The number of nitrogens with zero attached hydrogens (tertiary/aromatic N) is 1. The van der Waals surface area contributed by atoms with Gasteiger partial charge in [0.25, 0.3) is 0 Å². The molecule has 1 aromatic carbocycles. The fourth-order valence-corrected chi connectivity index (χ4v) is 1.97. The summed E-state index contributed by atoms with van der Waals surface area (Å²) in [7, 11) is 1.59. The molecule has 15 heavy (non-hydrogen) atoms. The number of nitrogens with one attached hydrogen (secondary N) is 1. The van der Waals surface area contributed by atoms with Gasteiger partial charge in [-0.1, -0.05) is 12.1 Å². The molecular formula is C11H14N2O2. The number of rotatable bonds is 0. The van der Waals surface area contributed by atoms with Crippen molar-refractivity contribution in [3.63, 3.8) is 0 Å². The quantitative estimate of drug-likeness (QED) is 0.675. The van der Waals surface area contributed by atoms with Crippen molar-refractivity contribution in [3.8, 4) is 5.75 Å². The van der Waals surface area contributed by atoms with E-state index in [4.69, 9.17) is 0 Å². The monoisotopic (exact) mass is 206 g/mol. The van der Waals surface area contributed by atoms with Gasteiger partial charge >= 0.3 is 6.03 Å². The minimum atomic E-state index is -0.169. The number of fused-ring (bicyclic) bond motifs is 1. The Bertz CT molecular complexity index is 390. The average Bonchev–Trinajstić information content (AvgIpc) is 2.28. The second-order valence-corrected chi connectivity index (χ2v) is 3.60. The Morgan fingerprint density at radius 2 is 2.33 bits per heavy atom. The molecule has 2 rings (SSSR count). The maximum Gasteiger partial charge on any atom is 0.321 e. The van der Waals surface area contributed by atoms with Crippen LogP contribution in [0.15, 0.2) is 18.2 Å². The van der Waals surface area contributed by atoms with E-state index < -0.39 is 0 Å². The van der Waals surface area contributed by atoms with E-state index in [2.05, 4.69) is 5.32 Å². The second-order valence-electron chi connectivity index (χ2n) is 3.60. The minimum absolute atomic E-state index is 0.169. The summed E-state index contributed by atoms with van der Waals surface area (Å²) < 4.78 is 0. The van der Waals surface area contributed by atoms with Crippen LogP contribution in [0, 0.1) is 0 Å². The zero-order chi connectivity index (χ0) is 10.8. The van der Waals surface area contributed by atoms with E-state index in [0.717, 1.165) is 18.4 Å². The lowest BCUT2D eigenvalue weighted by Gasteiger charge is -2.29. The fourth-order valence-electron chi connectivity index (χ4n) is 1.97. The highest BCUT2D eigenvalue weighted by molar-refractivity contribution is 5.94. The normalized spacial score (nSPS) is 14.6. The van der Waals surface area contributed by atoms with Gasteiger partial charge in [-0.15, -0.1) is 0 Å². The van der Waals surface area contributed by atoms with Gasteiger partial charge in [-0.2, -0.15) is 0 Å². The number of carbonyl (C=O) groups excluding carboxylic acids is 1. The predicted molar refractivity (Wildman–Crippen MR) is 58.2 cm³/mol. The Hall–Kier alpha value is -1.71. The van der Waals surface area contributed by atoms with Gasteiger partial charge < -0.3 is 10.4 Å². The molecule has 0 spiro atoms. The zero-order valence-electron chi connectivity index (χ0n) is 8.66. The van der Waals surface area contributed by atoms with Gasteiger partial charge in [0.2, 0.25) is 0 Å². The average molecular weight is 206 g/mol. The van der Waals surface area contributed by atoms with E-state index in [-0.39, 0.29) is 11.8 Å². The Balaban J connectivity index is 2.45. The highest BCUT2D eigenvalue weighted by atomic mass is 16.3. The van der Waals surface area contributed by atoms with Crippen LogP contribution in [0.5, 0.6) is 5.75 Å². The third kappa shape index (κ3) is 1.63. The van der Waals surface area contributed by atoms with Crippen molar-refractivity contribution in [3.05, 3.63) is 23.8 Å². The second kappa shape index (κ2) is 3.81. The summed E-state index contributed by atoms with van der Waals surface area (Å²) >= 11 is 0. The number of carbonyl (C=O) groups is 1. The Morgan fingerprint density at radius 3 is 3.07 bits per heavy atom. The van der Waals surface area contributed by atoms with Crippen molar-refractivity contribution in [2.24, 2.45) is 0 Å². The molecule has 0 bridgehead atoms. The van der Waals surface area contributed by atoms with Crippen LogP contribution in [0.2, 0.25) is 0 Å². The Kier molecular flexibility index (Phi) is 2.49. The van der Waals surface area contributed by atoms with Gasteiger partial charge in [-0.05, 0) is 24.5 Å². The number of hydrogen-bond acceptors (Lipinski definition) is 2. The lowest BCUT2D eigenvalue weighted by Crippen LogP contribution is -2.41. The summed E-state index contributed by atoms with van der Waals surface area (Å²) in [5.41, 5.74) is 1.69. The number of aromatic hydroxyl groups is 1. The van der Waals surface area contributed by atoms with E-state index in [1.807, 2.05) is 12.1 Å². The van der Waals surface area contributed by atoms with Crippen molar-refractivity contribution >= 4 is 11.7 Å². The summed E-state index contributed by atoms with van der Waals surface area (Å²) in [4.78, 5) is 13.2. The van der Waals surface area contributed by atoms with Gasteiger partial charge in [-0.3, -0.25) is 4.90 Å². The SMILES string of the molecule is CNC(=O)N1CCCc2cccc(O)c21. The molecule has 0 unspecified atom stereocenters. The van der Waals surface area contributed by atoms with Crippen LogP contribution in [-0.4, -0.2) is 24.7 Å². The molecule has 0 aliphatic carbocycles. The lowest BCUT2D eigenvalue weighted by molar-refractivity contribution is 0.247. The number of urea groups is 1. The number of para-hydroxylation sites is 1. The van der Waals surface area contributed by atoms with Crippen molar-refractivity contribution in [2.45, 2.75) is 12.8 Å². The molecule has 1 aliphatic rings. The molecule has 1 aliphatic heterocycles. The molecule has 1 aromatic rings. The number of phenols is 1. The van der Waals surface area contributed by atoms with E-state index >= 15 is 0 Å². The number of aryl methyl sites for hydroxylation is 1. The Morgan fingerprint density at radius 1 is 1.53 bits per heavy atom. The summed E-state index contributed by atoms with van der Waals surface area (Å²) in [5, 5.41) is 12.3. The fraction of sp³-hybridized carbons (Fsp3) is 0.364. The van der Waals surface area contributed by atoms with Crippen molar-refractivity contribution in [1.29, 1.82) is 0 Å². The maximum absolute atomic E-state index is 11.6. The van der Waals surface area contributed by atoms with E-state index in [0.29, 0.717) is 12.2 Å². The standard InChI is InChI=1S/C11H14N2O2/c1-12-11(15)13-7-3-5-8-4-2-6-9(14)10(8)13/h2,4,6,14H,3,5,7H2,1H3,(H,12,15). The van der Waals surface area contributed by atoms with Crippen LogP contribution < -0.4 is 10.2 Å². The van der Waals surface area contributed by atoms with Gasteiger partial charge in [0.15, 0.2) is 0 Å². The van der Waals surface area contributed by atoms with Crippen molar-refractivity contribution in [2.75, 3.05) is 18.5 Å². The first kappa shape index (κ1) is 9.83. The van der Waals surface area contributed by atoms with Crippen LogP contribution in [0.25, 0.3) is 0 Å². The molecular weight excluding hydrogens is 192 g/mol. The van der Waals surface area contributed by atoms with Gasteiger partial charge in [0.1, 0.15) is 5.75 Å². The van der Waals surface area contributed by atoms with Gasteiger partial charge in [0.05, 0.1) is 5.69 Å². The molecule has 0 saturated heterocycles. The van der Waals surface area contributed by atoms with Crippen LogP contribution >= 0.6 is 0 Å². The molecule has 0 saturated carbocycles. The zero-order valence-corrected chi connectivity index (χ0v) is 8.66. The number of phenolic OH excluding ortho intramolecular Hbond substituents is 1. The molecule has 0 aromatic heterocycles. The third-order valence-corrected chi connectivity index (χ3v) is 2.66. The highest BCUT2D eigenvalue weighted by Crippen LogP contribution is 2.35. The molecule has 0 radical (unpaired) electrons. The molecule has 0 atom stereocenters. The molecule has 0 fully saturated rings. The summed E-state index contributed by atoms with van der Waals surface area (Å²) in [6.45, 7) is 0.657. The van der Waals surface area contributed by atoms with Crippen LogP contribution in [-0.2, 0) is 6.42 Å². The molecule has 1 heterocycles. The van der Waals surface area contributed by atoms with Crippen LogP contribution in [0.4, 0.5) is 10.5 Å². The largest absolute Gasteiger partial charge is 0.506 e. The molecule has 2 amide bonds. The first-order valence-electron chi connectivity index (χ1n) is 5.04. The third-order valence-electron chi connectivity index (χ3n) is 2.66. The Labute approximate surface area is 88.5 Å². The smallest absolute Gasteiger partial charge is 0.321 e. The van der Waals surface area contributed by atoms with Crippen molar-refractivity contribution < 1.29 is 9.90 Å². The molecule has 4 nitrogen and oxygen atoms in total.